The van der Waals surface area contributed by atoms with Gasteiger partial charge in [-0.2, -0.15) is 0 Å². The minimum Gasteiger partial charge on any atom is -0.361 e. The van der Waals surface area contributed by atoms with E-state index < -0.39 is 0 Å². The molecule has 0 fully saturated rings. The molecule has 4 rings (SSSR count). The summed E-state index contributed by atoms with van der Waals surface area (Å²) in [5.74, 6) is -0.142. The summed E-state index contributed by atoms with van der Waals surface area (Å²) in [4.78, 5) is 15.8. The van der Waals surface area contributed by atoms with Crippen molar-refractivity contribution in [2.45, 2.75) is 0 Å². The van der Waals surface area contributed by atoms with Gasteiger partial charge in [-0.3, -0.25) is 4.79 Å². The lowest BCUT2D eigenvalue weighted by atomic mass is 9.93. The van der Waals surface area contributed by atoms with Gasteiger partial charge in [0.05, 0.1) is 5.57 Å². The van der Waals surface area contributed by atoms with Crippen LogP contribution in [0.1, 0.15) is 16.8 Å². The van der Waals surface area contributed by atoms with Crippen molar-refractivity contribution < 1.29 is 4.79 Å². The van der Waals surface area contributed by atoms with Crippen LogP contribution in [0.15, 0.2) is 60.8 Å². The molecule has 0 atom stereocenters. The molecular formula is C19H12Cl2N2O. The Morgan fingerprint density at radius 2 is 1.67 bits per heavy atom. The van der Waals surface area contributed by atoms with E-state index in [1.54, 1.807) is 6.07 Å². The van der Waals surface area contributed by atoms with Crippen molar-refractivity contribution in [1.82, 2.24) is 4.98 Å². The van der Waals surface area contributed by atoms with E-state index in [1.165, 1.54) is 0 Å². The molecule has 0 saturated carbocycles. The van der Waals surface area contributed by atoms with Gasteiger partial charge in [0.2, 0.25) is 0 Å². The number of carbonyl (C=O) groups excluding carboxylic acids is 1. The van der Waals surface area contributed by atoms with Crippen LogP contribution >= 0.6 is 23.2 Å². The van der Waals surface area contributed by atoms with Gasteiger partial charge in [-0.1, -0.05) is 41.4 Å². The second-order valence-corrected chi connectivity index (χ2v) is 6.36. The number of para-hydroxylation sites is 1. The molecule has 5 heteroatoms. The summed E-state index contributed by atoms with van der Waals surface area (Å²) < 4.78 is 0. The number of hydrogen-bond acceptors (Lipinski definition) is 1. The van der Waals surface area contributed by atoms with E-state index in [2.05, 4.69) is 10.3 Å². The zero-order valence-electron chi connectivity index (χ0n) is 12.4. The molecule has 2 aromatic carbocycles. The third-order valence-corrected chi connectivity index (χ3v) is 4.38. The lowest BCUT2D eigenvalue weighted by Gasteiger charge is -2.11. The fourth-order valence-electron chi connectivity index (χ4n) is 2.98. The van der Waals surface area contributed by atoms with E-state index in [-0.39, 0.29) is 5.91 Å². The van der Waals surface area contributed by atoms with Crippen molar-refractivity contribution in [3.63, 3.8) is 0 Å². The van der Waals surface area contributed by atoms with Gasteiger partial charge in [-0.25, -0.2) is 0 Å². The van der Waals surface area contributed by atoms with E-state index in [0.29, 0.717) is 15.6 Å². The first-order valence-electron chi connectivity index (χ1n) is 7.39. The average Bonchev–Trinajstić information content (AvgIpc) is 3.16. The van der Waals surface area contributed by atoms with Crippen LogP contribution in [-0.4, -0.2) is 10.9 Å². The van der Waals surface area contributed by atoms with Crippen molar-refractivity contribution in [1.29, 1.82) is 0 Å². The topological polar surface area (TPSA) is 44.9 Å². The van der Waals surface area contributed by atoms with Gasteiger partial charge < -0.3 is 10.3 Å². The van der Waals surface area contributed by atoms with Crippen LogP contribution in [0.25, 0.3) is 11.1 Å². The molecule has 2 N–H and O–H groups in total. The molecule has 2 heterocycles. The highest BCUT2D eigenvalue weighted by Crippen LogP contribution is 2.40. The zero-order chi connectivity index (χ0) is 16.7. The highest BCUT2D eigenvalue weighted by Gasteiger charge is 2.28. The number of fused-ring (bicyclic) bond motifs is 1. The van der Waals surface area contributed by atoms with E-state index in [9.17, 15) is 4.79 Å². The van der Waals surface area contributed by atoms with Crippen LogP contribution in [0.5, 0.6) is 0 Å². The standard InChI is InChI=1S/C19H12Cl2N2O/c20-12-8-11(9-13(21)10-12)17(16-6-3-7-22-16)18-14-4-1-2-5-15(14)23-19(18)24/h1-10,22H,(H,23,24). The predicted octanol–water partition coefficient (Wildman–Crippen LogP) is 5.23. The fourth-order valence-corrected chi connectivity index (χ4v) is 3.51. The summed E-state index contributed by atoms with van der Waals surface area (Å²) in [5, 5.41) is 3.96. The van der Waals surface area contributed by atoms with Gasteiger partial charge in [0.15, 0.2) is 0 Å². The number of halogens is 2. The Bertz CT molecular complexity index is 955. The number of aromatic nitrogens is 1. The molecule has 3 aromatic rings. The van der Waals surface area contributed by atoms with Gasteiger partial charge in [-0.15, -0.1) is 0 Å². The second-order valence-electron chi connectivity index (χ2n) is 5.49. The highest BCUT2D eigenvalue weighted by atomic mass is 35.5. The molecule has 3 nitrogen and oxygen atoms in total. The molecule has 118 valence electrons. The number of rotatable bonds is 2. The summed E-state index contributed by atoms with van der Waals surface area (Å²) in [6.07, 6.45) is 1.82. The molecule has 1 amide bonds. The van der Waals surface area contributed by atoms with Crippen molar-refractivity contribution in [3.8, 4) is 0 Å². The van der Waals surface area contributed by atoms with Gasteiger partial charge in [0, 0.05) is 38.8 Å². The van der Waals surface area contributed by atoms with Crippen molar-refractivity contribution >= 4 is 45.9 Å². The van der Waals surface area contributed by atoms with Gasteiger partial charge in [0.1, 0.15) is 0 Å². The van der Waals surface area contributed by atoms with Crippen LogP contribution in [0, 0.1) is 0 Å². The lowest BCUT2D eigenvalue weighted by molar-refractivity contribution is -0.110. The number of hydrogen-bond donors (Lipinski definition) is 2. The number of nitrogens with one attached hydrogen (secondary N) is 2. The van der Waals surface area contributed by atoms with Gasteiger partial charge >= 0.3 is 0 Å². The molecule has 24 heavy (non-hydrogen) atoms. The van der Waals surface area contributed by atoms with Crippen molar-refractivity contribution in [2.75, 3.05) is 5.32 Å². The summed E-state index contributed by atoms with van der Waals surface area (Å²) in [6, 6.07) is 16.7. The molecule has 0 aliphatic carbocycles. The van der Waals surface area contributed by atoms with Crippen molar-refractivity contribution in [3.05, 3.63) is 87.7 Å². The Morgan fingerprint density at radius 1 is 0.917 bits per heavy atom. The van der Waals surface area contributed by atoms with Gasteiger partial charge in [0.25, 0.3) is 5.91 Å². The van der Waals surface area contributed by atoms with E-state index >= 15 is 0 Å². The SMILES string of the molecule is O=C1Nc2ccccc2C1=C(c1cc(Cl)cc(Cl)c1)c1ccc[nH]1. The summed E-state index contributed by atoms with van der Waals surface area (Å²) in [6.45, 7) is 0. The first kappa shape index (κ1) is 15.1. The van der Waals surface area contributed by atoms with Crippen LogP contribution in [0.3, 0.4) is 0 Å². The molecule has 0 unspecified atom stereocenters. The maximum Gasteiger partial charge on any atom is 0.257 e. The molecule has 1 aromatic heterocycles. The number of H-pyrrole nitrogens is 1. The van der Waals surface area contributed by atoms with Crippen LogP contribution in [0.4, 0.5) is 5.69 Å². The number of anilines is 1. The molecule has 0 spiro atoms. The Morgan fingerprint density at radius 3 is 2.38 bits per heavy atom. The summed E-state index contributed by atoms with van der Waals surface area (Å²) >= 11 is 12.4. The Balaban J connectivity index is 2.06. The van der Waals surface area contributed by atoms with Crippen LogP contribution in [0.2, 0.25) is 10.0 Å². The lowest BCUT2D eigenvalue weighted by Crippen LogP contribution is -2.07. The Labute approximate surface area is 148 Å². The van der Waals surface area contributed by atoms with E-state index in [4.69, 9.17) is 23.2 Å². The maximum absolute atomic E-state index is 12.7. The largest absolute Gasteiger partial charge is 0.361 e. The quantitative estimate of drug-likeness (QED) is 0.607. The maximum atomic E-state index is 12.7. The first-order chi connectivity index (χ1) is 11.6. The first-order valence-corrected chi connectivity index (χ1v) is 8.14. The summed E-state index contributed by atoms with van der Waals surface area (Å²) in [5.41, 5.74) is 4.66. The monoisotopic (exact) mass is 354 g/mol. The van der Waals surface area contributed by atoms with E-state index in [0.717, 1.165) is 28.1 Å². The molecule has 0 bridgehead atoms. The van der Waals surface area contributed by atoms with Crippen LogP contribution < -0.4 is 5.32 Å². The zero-order valence-corrected chi connectivity index (χ0v) is 13.9. The number of amides is 1. The minimum atomic E-state index is -0.142. The molecule has 1 aliphatic heterocycles. The summed E-state index contributed by atoms with van der Waals surface area (Å²) in [7, 11) is 0. The molecule has 0 saturated heterocycles. The number of benzene rings is 2. The third kappa shape index (κ3) is 2.52. The molecule has 1 aliphatic rings. The van der Waals surface area contributed by atoms with Gasteiger partial charge in [-0.05, 0) is 42.0 Å². The minimum absolute atomic E-state index is 0.142. The third-order valence-electron chi connectivity index (χ3n) is 3.94. The van der Waals surface area contributed by atoms with Crippen LogP contribution in [-0.2, 0) is 4.79 Å². The number of carbonyl (C=O) groups is 1. The second kappa shape index (κ2) is 5.86. The smallest absolute Gasteiger partial charge is 0.257 e. The number of aromatic amines is 1. The Hall–Kier alpha value is -2.49. The fraction of sp³-hybridized carbons (Fsp3) is 0. The van der Waals surface area contributed by atoms with Crippen molar-refractivity contribution in [2.24, 2.45) is 0 Å². The highest BCUT2D eigenvalue weighted by molar-refractivity contribution is 6.39. The van der Waals surface area contributed by atoms with E-state index in [1.807, 2.05) is 54.7 Å². The Kier molecular flexibility index (Phi) is 3.68. The molecule has 0 radical (unpaired) electrons. The molecular weight excluding hydrogens is 343 g/mol. The normalized spacial score (nSPS) is 15.2. The predicted molar refractivity (Wildman–Crippen MR) is 98.2 cm³/mol. The average molecular weight is 355 g/mol.